The molecule has 1 unspecified atom stereocenters. The lowest BCUT2D eigenvalue weighted by molar-refractivity contribution is -0.167. The average Bonchev–Trinajstić information content (AvgIpc) is 3.47. The Morgan fingerprint density at radius 3 is 0.753 bits per heavy atom. The zero-order chi connectivity index (χ0) is 58.5. The topological polar surface area (TPSA) is 78.9 Å². The minimum Gasteiger partial charge on any atom is -0.462 e. The Kier molecular flexibility index (Phi) is 67.1. The van der Waals surface area contributed by atoms with Gasteiger partial charge in [0.1, 0.15) is 13.2 Å². The van der Waals surface area contributed by atoms with E-state index >= 15 is 0 Å². The molecule has 81 heavy (non-hydrogen) atoms. The van der Waals surface area contributed by atoms with Crippen LogP contribution in [0.1, 0.15) is 380 Å². The van der Waals surface area contributed by atoms with E-state index in [1.54, 1.807) is 0 Å². The lowest BCUT2D eigenvalue weighted by Crippen LogP contribution is -2.30. The molecule has 6 nitrogen and oxygen atoms in total. The summed E-state index contributed by atoms with van der Waals surface area (Å²) < 4.78 is 17.0. The molecule has 0 amide bonds. The molecule has 0 spiro atoms. The van der Waals surface area contributed by atoms with Gasteiger partial charge in [-0.05, 0) is 64.2 Å². The molecule has 1 atom stereocenters. The highest BCUT2D eigenvalue weighted by Crippen LogP contribution is 2.19. The smallest absolute Gasteiger partial charge is 0.306 e. The fourth-order valence-corrected chi connectivity index (χ4v) is 10.7. The van der Waals surface area contributed by atoms with Gasteiger partial charge in [-0.1, -0.05) is 358 Å². The van der Waals surface area contributed by atoms with E-state index in [4.69, 9.17) is 14.2 Å². The molecule has 0 N–H and O–H groups in total. The van der Waals surface area contributed by atoms with Crippen LogP contribution < -0.4 is 0 Å². The molecular weight excluding hydrogens is 997 g/mol. The maximum Gasteiger partial charge on any atom is 0.306 e. The molecule has 0 bridgehead atoms. The van der Waals surface area contributed by atoms with Crippen molar-refractivity contribution in [1.82, 2.24) is 0 Å². The van der Waals surface area contributed by atoms with E-state index in [0.717, 1.165) is 109 Å². The van der Waals surface area contributed by atoms with Gasteiger partial charge >= 0.3 is 17.9 Å². The van der Waals surface area contributed by atoms with Crippen LogP contribution in [0, 0.1) is 0 Å². The zero-order valence-electron chi connectivity index (χ0n) is 54.3. The number of rotatable bonds is 66. The van der Waals surface area contributed by atoms with E-state index in [1.165, 1.54) is 231 Å². The first-order valence-corrected chi connectivity index (χ1v) is 35.8. The molecule has 472 valence electrons. The number of hydrogen-bond donors (Lipinski definition) is 0. The highest BCUT2D eigenvalue weighted by molar-refractivity contribution is 5.71. The van der Waals surface area contributed by atoms with Gasteiger partial charge in [0.15, 0.2) is 6.10 Å². The molecule has 0 rings (SSSR count). The Hall–Kier alpha value is -2.89. The number of hydrogen-bond acceptors (Lipinski definition) is 6. The Morgan fingerprint density at radius 1 is 0.259 bits per heavy atom. The maximum absolute atomic E-state index is 13.0. The summed E-state index contributed by atoms with van der Waals surface area (Å²) in [5, 5.41) is 0. The van der Waals surface area contributed by atoms with Crippen molar-refractivity contribution in [3.63, 3.8) is 0 Å². The summed E-state index contributed by atoms with van der Waals surface area (Å²) in [6.45, 7) is 6.59. The summed E-state index contributed by atoms with van der Waals surface area (Å²) in [6.07, 6.45) is 89.6. The average molecular weight is 1130 g/mol. The minimum absolute atomic E-state index is 0.0772. The Morgan fingerprint density at radius 2 is 0.481 bits per heavy atom. The third-order valence-corrected chi connectivity index (χ3v) is 16.0. The fraction of sp³-hybridized carbons (Fsp3) is 0.827. The summed E-state index contributed by atoms with van der Waals surface area (Å²) in [7, 11) is 0. The van der Waals surface area contributed by atoms with Crippen LogP contribution >= 0.6 is 0 Å². The normalized spacial score (nSPS) is 12.4. The second-order valence-corrected chi connectivity index (χ2v) is 24.1. The maximum atomic E-state index is 13.0. The Labute approximate surface area is 504 Å². The predicted octanol–water partition coefficient (Wildman–Crippen LogP) is 24.7. The largest absolute Gasteiger partial charge is 0.462 e. The van der Waals surface area contributed by atoms with Gasteiger partial charge in [0.05, 0.1) is 0 Å². The van der Waals surface area contributed by atoms with Crippen LogP contribution in [-0.2, 0) is 28.6 Å². The summed E-state index contributed by atoms with van der Waals surface area (Å²) >= 11 is 0. The minimum atomic E-state index is -0.784. The number of esters is 3. The summed E-state index contributed by atoms with van der Waals surface area (Å²) in [5.74, 6) is -0.868. The van der Waals surface area contributed by atoms with Crippen LogP contribution in [0.2, 0.25) is 0 Å². The van der Waals surface area contributed by atoms with Gasteiger partial charge in [-0.3, -0.25) is 14.4 Å². The standard InChI is InChI=1S/C75H136O6/c1-4-7-10-13-16-19-22-25-28-31-33-35-36-37-38-40-41-44-47-50-53-56-59-62-65-68-74(77)80-71-72(70-79-73(76)67-64-61-58-55-52-49-46-43-30-27-24-21-18-15-12-9-6-3)81-75(78)69-66-63-60-57-54-51-48-45-42-39-34-32-29-26-23-20-17-14-11-8-5-2/h8,11,17,20,26,29,34,39,45,48,72H,4-7,9-10,12-16,18-19,21-25,27-28,30-33,35-38,40-44,46-47,49-71H2,1-3H3/b11-8-,20-17-,29-26-,39-34-,48-45-. The second-order valence-electron chi connectivity index (χ2n) is 24.1. The van der Waals surface area contributed by atoms with Crippen LogP contribution in [0.25, 0.3) is 0 Å². The van der Waals surface area contributed by atoms with Crippen LogP contribution in [0.5, 0.6) is 0 Å². The Bertz CT molecular complexity index is 1440. The summed E-state index contributed by atoms with van der Waals surface area (Å²) in [6, 6.07) is 0. The van der Waals surface area contributed by atoms with Crippen molar-refractivity contribution in [3.8, 4) is 0 Å². The Balaban J connectivity index is 4.32. The highest BCUT2D eigenvalue weighted by atomic mass is 16.6. The van der Waals surface area contributed by atoms with E-state index in [2.05, 4.69) is 81.5 Å². The van der Waals surface area contributed by atoms with Gasteiger partial charge in [-0.25, -0.2) is 0 Å². The lowest BCUT2D eigenvalue weighted by Gasteiger charge is -2.18. The van der Waals surface area contributed by atoms with E-state index in [-0.39, 0.29) is 31.1 Å². The molecule has 0 aromatic heterocycles. The summed E-state index contributed by atoms with van der Waals surface area (Å²) in [4.78, 5) is 38.5. The van der Waals surface area contributed by atoms with Crippen LogP contribution in [0.15, 0.2) is 60.8 Å². The van der Waals surface area contributed by atoms with E-state index in [1.807, 2.05) is 0 Å². The predicted molar refractivity (Wildman–Crippen MR) is 353 cm³/mol. The first-order valence-electron chi connectivity index (χ1n) is 35.8. The molecule has 0 heterocycles. The third-order valence-electron chi connectivity index (χ3n) is 16.0. The van der Waals surface area contributed by atoms with Gasteiger partial charge in [-0.15, -0.1) is 0 Å². The first-order chi connectivity index (χ1) is 40.0. The quantitative estimate of drug-likeness (QED) is 0.0261. The lowest BCUT2D eigenvalue weighted by atomic mass is 10.0. The van der Waals surface area contributed by atoms with E-state index in [0.29, 0.717) is 19.3 Å². The molecule has 0 aromatic carbocycles. The second kappa shape index (κ2) is 69.6. The van der Waals surface area contributed by atoms with Crippen LogP contribution in [-0.4, -0.2) is 37.2 Å². The number of carbonyl (C=O) groups excluding carboxylic acids is 3. The molecule has 0 aliphatic rings. The highest BCUT2D eigenvalue weighted by Gasteiger charge is 2.19. The van der Waals surface area contributed by atoms with Crippen molar-refractivity contribution >= 4 is 17.9 Å². The van der Waals surface area contributed by atoms with Crippen molar-refractivity contribution in [2.45, 2.75) is 386 Å². The van der Waals surface area contributed by atoms with Crippen LogP contribution in [0.4, 0.5) is 0 Å². The molecule has 6 heteroatoms. The van der Waals surface area contributed by atoms with Crippen molar-refractivity contribution in [3.05, 3.63) is 60.8 Å². The van der Waals surface area contributed by atoms with Gasteiger partial charge in [0.25, 0.3) is 0 Å². The van der Waals surface area contributed by atoms with E-state index < -0.39 is 6.10 Å². The number of ether oxygens (including phenoxy) is 3. The van der Waals surface area contributed by atoms with Gasteiger partial charge in [0.2, 0.25) is 0 Å². The van der Waals surface area contributed by atoms with Gasteiger partial charge in [0, 0.05) is 19.3 Å². The fourth-order valence-electron chi connectivity index (χ4n) is 10.7. The van der Waals surface area contributed by atoms with Crippen molar-refractivity contribution in [2.75, 3.05) is 13.2 Å². The van der Waals surface area contributed by atoms with Crippen molar-refractivity contribution in [2.24, 2.45) is 0 Å². The molecular formula is C75H136O6. The molecule has 0 fully saturated rings. The first kappa shape index (κ1) is 78.1. The molecule has 0 aromatic rings. The number of allylic oxidation sites excluding steroid dienone is 10. The molecule has 0 saturated heterocycles. The van der Waals surface area contributed by atoms with Gasteiger partial charge in [-0.2, -0.15) is 0 Å². The molecule has 0 aliphatic carbocycles. The summed E-state index contributed by atoms with van der Waals surface area (Å²) in [5.41, 5.74) is 0. The van der Waals surface area contributed by atoms with E-state index in [9.17, 15) is 14.4 Å². The van der Waals surface area contributed by atoms with Crippen LogP contribution in [0.3, 0.4) is 0 Å². The molecule has 0 saturated carbocycles. The molecule has 0 aliphatic heterocycles. The third kappa shape index (κ3) is 67.8. The molecule has 0 radical (unpaired) electrons. The SMILES string of the molecule is CC/C=C\C/C=C\C/C=C\C/C=C\C/C=C\CCCCCCCC(=O)OC(COC(=O)CCCCCCCCCCCCCCCCCCC)COC(=O)CCCCCCCCCCCCCCCCCCCCCCCCCCC. The zero-order valence-corrected chi connectivity index (χ0v) is 54.3. The van der Waals surface area contributed by atoms with Crippen molar-refractivity contribution in [1.29, 1.82) is 0 Å². The van der Waals surface area contributed by atoms with Gasteiger partial charge < -0.3 is 14.2 Å². The number of carbonyl (C=O) groups is 3. The number of unbranched alkanes of at least 4 members (excludes halogenated alkanes) is 45. The monoisotopic (exact) mass is 1130 g/mol. The van der Waals surface area contributed by atoms with Crippen molar-refractivity contribution < 1.29 is 28.6 Å².